The van der Waals surface area contributed by atoms with Gasteiger partial charge in [0.25, 0.3) is 0 Å². The van der Waals surface area contributed by atoms with Gasteiger partial charge in [0, 0.05) is 131 Å². The van der Waals surface area contributed by atoms with E-state index < -0.39 is 0 Å². The van der Waals surface area contributed by atoms with E-state index >= 15 is 0 Å². The Morgan fingerprint density at radius 1 is 0.917 bits per heavy atom. The second kappa shape index (κ2) is 29.5. The molecule has 62 valence electrons. The molecule has 12 heavy (non-hydrogen) atoms. The molecule has 0 saturated carbocycles. The summed E-state index contributed by atoms with van der Waals surface area (Å²) in [5.74, 6) is 0. The predicted octanol–water partition coefficient (Wildman–Crippen LogP) is 2.55. The van der Waals surface area contributed by atoms with Crippen LogP contribution in [-0.2, 0) is 131 Å². The molecule has 0 rings (SSSR count). The minimum absolute atomic E-state index is 0. The molecule has 0 nitrogen and oxygen atoms in total. The topological polar surface area (TPSA) is 0 Å². The van der Waals surface area contributed by atoms with E-state index in [2.05, 4.69) is 13.6 Å². The third-order valence-electron chi connectivity index (χ3n) is 0.911. The molecule has 0 aromatic heterocycles. The van der Waals surface area contributed by atoms with E-state index in [9.17, 15) is 0 Å². The Balaban J connectivity index is -0.00000000833. The first kappa shape index (κ1) is 44.2. The van der Waals surface area contributed by atoms with Crippen LogP contribution in [0, 0.1) is 21.4 Å². The molecule has 0 aromatic carbocycles. The third kappa shape index (κ3) is 36.8. The quantitative estimate of drug-likeness (QED) is 0.412. The van der Waals surface area contributed by atoms with E-state index in [0.29, 0.717) is 6.71 Å². The van der Waals surface area contributed by atoms with Crippen molar-refractivity contribution in [2.45, 2.75) is 20.6 Å². The van der Waals surface area contributed by atoms with Crippen LogP contribution in [0.5, 0.6) is 0 Å². The largest absolute Gasteiger partial charge is 0.524 e. The van der Waals surface area contributed by atoms with Gasteiger partial charge in [0.1, 0.15) is 6.71 Å². The van der Waals surface area contributed by atoms with Crippen LogP contribution in [-0.4, -0.2) is 6.71 Å². The second-order valence-electron chi connectivity index (χ2n) is 1.90. The number of hydrogen-bond acceptors (Lipinski definition) is 0. The predicted molar refractivity (Wildman–Crippen MR) is 43.8 cm³/mol. The van der Waals surface area contributed by atoms with Crippen molar-refractivity contribution in [2.75, 3.05) is 0 Å². The Bertz CT molecular complexity index is 66.4. The molecule has 0 spiro atoms. The summed E-state index contributed by atoms with van der Waals surface area (Å²) in [6.45, 7) is 12.0. The summed E-state index contributed by atoms with van der Waals surface area (Å²) in [5.41, 5.74) is 1.01. The fourth-order valence-electron chi connectivity index (χ4n) is 0. The summed E-state index contributed by atoms with van der Waals surface area (Å²) >= 11 is 0. The van der Waals surface area contributed by atoms with E-state index in [0.717, 1.165) is 5.47 Å². The van der Waals surface area contributed by atoms with E-state index in [1.807, 2.05) is 6.92 Å². The zero-order valence-corrected chi connectivity index (χ0v) is 20.3. The van der Waals surface area contributed by atoms with Crippen LogP contribution < -0.4 is 0 Å². The van der Waals surface area contributed by atoms with Gasteiger partial charge >= 0.3 is 0 Å². The summed E-state index contributed by atoms with van der Waals surface area (Å²) in [6, 6.07) is 0. The van der Waals surface area contributed by atoms with Crippen LogP contribution in [0.2, 0.25) is 13.6 Å². The summed E-state index contributed by atoms with van der Waals surface area (Å²) in [7, 11) is 0. The first-order valence-electron chi connectivity index (χ1n) is 2.23. The summed E-state index contributed by atoms with van der Waals surface area (Å²) in [4.78, 5) is 0. The maximum atomic E-state index is 5.35. The molecule has 0 atom stereocenters. The molecule has 4 radical (unpaired) electrons. The monoisotopic (exact) mass is 467 g/mol. The fraction of sp³-hybridized carbons (Fsp3) is 0.429. The van der Waals surface area contributed by atoms with E-state index in [-0.39, 0.29) is 146 Å². The van der Waals surface area contributed by atoms with Crippen molar-refractivity contribution >= 4 is 6.71 Å². The summed E-state index contributed by atoms with van der Waals surface area (Å²) < 4.78 is 0. The Labute approximate surface area is 181 Å². The first-order valence-corrected chi connectivity index (χ1v) is 2.23. The van der Waals surface area contributed by atoms with Gasteiger partial charge in [-0.15, -0.1) is 0 Å². The standard InChI is InChI=1S/C5H10B.2CH3.4Y/c1-5(2)6(3)4;;;;;;/h1H,2-4H3;2*1H3;;;;/q3*-1;;;;. The molecule has 0 heterocycles. The minimum Gasteiger partial charge on any atom is -0.524 e. The number of hydrogen-bond donors (Lipinski definition) is 0. The van der Waals surface area contributed by atoms with Gasteiger partial charge in [-0.3, -0.25) is 5.47 Å². The van der Waals surface area contributed by atoms with Crippen LogP contribution in [0.15, 0.2) is 5.47 Å². The van der Waals surface area contributed by atoms with Crippen LogP contribution in [0.1, 0.15) is 6.92 Å². The molecular formula is C7H16BY4-3. The number of allylic oxidation sites excluding steroid dienone is 1. The van der Waals surface area contributed by atoms with E-state index in [4.69, 9.17) is 6.58 Å². The smallest absolute Gasteiger partial charge is 0.126 e. The van der Waals surface area contributed by atoms with Crippen molar-refractivity contribution in [3.63, 3.8) is 0 Å². The zero-order chi connectivity index (χ0) is 5.15. The van der Waals surface area contributed by atoms with Crippen LogP contribution in [0.25, 0.3) is 0 Å². The van der Waals surface area contributed by atoms with Crippen molar-refractivity contribution in [2.24, 2.45) is 0 Å². The fourth-order valence-corrected chi connectivity index (χ4v) is 0. The molecule has 0 aliphatic rings. The molecule has 0 aromatic rings. The van der Waals surface area contributed by atoms with Crippen molar-refractivity contribution in [1.29, 1.82) is 0 Å². The Hall–Kier alpha value is 4.22. The van der Waals surface area contributed by atoms with E-state index in [1.165, 1.54) is 0 Å². The maximum Gasteiger partial charge on any atom is 0.126 e. The van der Waals surface area contributed by atoms with Crippen molar-refractivity contribution in [3.8, 4) is 0 Å². The maximum absolute atomic E-state index is 5.35. The molecule has 0 saturated heterocycles. The summed E-state index contributed by atoms with van der Waals surface area (Å²) in [6.07, 6.45) is 0. The van der Waals surface area contributed by atoms with Gasteiger partial charge in [0.2, 0.25) is 0 Å². The molecular weight excluding hydrogens is 451 g/mol. The van der Waals surface area contributed by atoms with Gasteiger partial charge in [0.15, 0.2) is 0 Å². The van der Waals surface area contributed by atoms with Crippen molar-refractivity contribution in [3.05, 3.63) is 26.9 Å². The Morgan fingerprint density at radius 3 is 1.00 bits per heavy atom. The van der Waals surface area contributed by atoms with Gasteiger partial charge in [-0.25, -0.2) is 0 Å². The summed E-state index contributed by atoms with van der Waals surface area (Å²) in [5, 5.41) is 0. The molecule has 0 amide bonds. The van der Waals surface area contributed by atoms with Crippen LogP contribution in [0.4, 0.5) is 0 Å². The van der Waals surface area contributed by atoms with Gasteiger partial charge in [-0.1, -0.05) is 20.6 Å². The first-order chi connectivity index (χ1) is 2.64. The average Bonchev–Trinajstić information content (AvgIpc) is 1.36. The van der Waals surface area contributed by atoms with E-state index in [1.54, 1.807) is 0 Å². The van der Waals surface area contributed by atoms with Gasteiger partial charge < -0.3 is 21.4 Å². The van der Waals surface area contributed by atoms with Crippen molar-refractivity contribution in [1.82, 2.24) is 0 Å². The zero-order valence-electron chi connectivity index (χ0n) is 8.96. The Kier molecular flexibility index (Phi) is 109. The van der Waals surface area contributed by atoms with Crippen LogP contribution >= 0.6 is 0 Å². The Morgan fingerprint density at radius 2 is 1.00 bits per heavy atom. The van der Waals surface area contributed by atoms with Crippen molar-refractivity contribution < 1.29 is 131 Å². The SMILES string of the molecule is [CH-]=C(C)B(C)C.[CH3-].[CH3-].[Y].[Y].[Y].[Y]. The normalized spacial score (nSPS) is 3.92. The number of rotatable bonds is 1. The van der Waals surface area contributed by atoms with Gasteiger partial charge in [-0.05, 0) is 0 Å². The molecule has 0 N–H and O–H groups in total. The average molecular weight is 467 g/mol. The molecule has 0 aliphatic heterocycles. The van der Waals surface area contributed by atoms with Gasteiger partial charge in [-0.2, -0.15) is 0 Å². The third-order valence-corrected chi connectivity index (χ3v) is 0.911. The van der Waals surface area contributed by atoms with Crippen LogP contribution in [0.3, 0.4) is 0 Å². The molecule has 0 unspecified atom stereocenters. The molecule has 0 bridgehead atoms. The molecule has 0 aliphatic carbocycles. The molecule has 5 heteroatoms. The van der Waals surface area contributed by atoms with Gasteiger partial charge in [0.05, 0.1) is 0 Å². The molecule has 0 fully saturated rings. The minimum atomic E-state index is 0. The second-order valence-corrected chi connectivity index (χ2v) is 1.90.